The lowest BCUT2D eigenvalue weighted by molar-refractivity contribution is -0.163. The van der Waals surface area contributed by atoms with Gasteiger partial charge in [-0.2, -0.15) is 0 Å². The van der Waals surface area contributed by atoms with Crippen LogP contribution in [0, 0.1) is 0 Å². The van der Waals surface area contributed by atoms with E-state index in [9.17, 15) is 23.1 Å². The molecule has 108 valence electrons. The van der Waals surface area contributed by atoms with Crippen LogP contribution < -0.4 is 5.14 Å². The van der Waals surface area contributed by atoms with Crippen LogP contribution in [-0.4, -0.2) is 60.8 Å². The number of rotatable bonds is 3. The van der Waals surface area contributed by atoms with Crippen molar-refractivity contribution in [1.82, 2.24) is 4.90 Å². The van der Waals surface area contributed by atoms with Gasteiger partial charge in [0.1, 0.15) is 10.8 Å². The van der Waals surface area contributed by atoms with E-state index in [1.54, 1.807) is 0 Å². The van der Waals surface area contributed by atoms with Gasteiger partial charge in [-0.1, -0.05) is 0 Å². The zero-order valence-corrected chi connectivity index (χ0v) is 11.1. The van der Waals surface area contributed by atoms with Crippen molar-refractivity contribution in [3.8, 4) is 0 Å². The summed E-state index contributed by atoms with van der Waals surface area (Å²) in [5.74, 6) is -1.61. The van der Waals surface area contributed by atoms with E-state index in [0.717, 1.165) is 4.90 Å². The van der Waals surface area contributed by atoms with Gasteiger partial charge in [-0.25, -0.2) is 18.4 Å². The number of amides is 1. The third-order valence-electron chi connectivity index (χ3n) is 3.79. The third kappa shape index (κ3) is 2.45. The van der Waals surface area contributed by atoms with Gasteiger partial charge in [0.15, 0.2) is 0 Å². The van der Waals surface area contributed by atoms with Crippen molar-refractivity contribution in [3.63, 3.8) is 0 Å². The fourth-order valence-electron chi connectivity index (χ4n) is 2.62. The third-order valence-corrected chi connectivity index (χ3v) is 5.03. The lowest BCUT2D eigenvalue weighted by Gasteiger charge is -2.40. The molecule has 9 heteroatoms. The van der Waals surface area contributed by atoms with Gasteiger partial charge in [0, 0.05) is 39.0 Å². The molecule has 1 amide bonds. The molecule has 2 rings (SSSR count). The van der Waals surface area contributed by atoms with Crippen molar-refractivity contribution in [2.24, 2.45) is 5.14 Å². The lowest BCUT2D eigenvalue weighted by atomic mass is 9.88. The minimum absolute atomic E-state index is 0.158. The summed E-state index contributed by atoms with van der Waals surface area (Å²) >= 11 is 0. The van der Waals surface area contributed by atoms with Crippen molar-refractivity contribution in [3.05, 3.63) is 0 Å². The number of carboxylic acids is 1. The Bertz CT molecular complexity index is 496. The monoisotopic (exact) mass is 292 g/mol. The fourth-order valence-corrected chi connectivity index (χ4v) is 3.35. The summed E-state index contributed by atoms with van der Waals surface area (Å²) in [6, 6.07) is 0. The molecular formula is C10H16N2O6S. The molecule has 0 aromatic heterocycles. The van der Waals surface area contributed by atoms with Crippen LogP contribution >= 0.6 is 0 Å². The number of carbonyl (C=O) groups excluding carboxylic acids is 1. The quantitative estimate of drug-likeness (QED) is 0.652. The largest absolute Gasteiger partial charge is 0.479 e. The fraction of sp³-hybridized carbons (Fsp3) is 0.800. The highest BCUT2D eigenvalue weighted by Crippen LogP contribution is 2.33. The van der Waals surface area contributed by atoms with Gasteiger partial charge in [-0.05, 0) is 0 Å². The maximum atomic E-state index is 11.9. The normalized spacial score (nSPS) is 27.5. The molecule has 2 saturated heterocycles. The van der Waals surface area contributed by atoms with Gasteiger partial charge in [0.25, 0.3) is 0 Å². The van der Waals surface area contributed by atoms with Crippen LogP contribution in [0.2, 0.25) is 0 Å². The Kier molecular flexibility index (Phi) is 3.54. The van der Waals surface area contributed by atoms with Crippen LogP contribution in [0.1, 0.15) is 19.3 Å². The second-order valence-electron chi connectivity index (χ2n) is 4.87. The Morgan fingerprint density at radius 3 is 2.42 bits per heavy atom. The molecule has 1 unspecified atom stereocenters. The smallest absolute Gasteiger partial charge is 0.329 e. The second-order valence-corrected chi connectivity index (χ2v) is 6.71. The summed E-state index contributed by atoms with van der Waals surface area (Å²) in [5.41, 5.74) is -1.37. The number of ether oxygens (including phenoxy) is 1. The van der Waals surface area contributed by atoms with Crippen LogP contribution in [0.4, 0.5) is 0 Å². The molecule has 1 atom stereocenters. The van der Waals surface area contributed by atoms with Crippen LogP contribution in [-0.2, 0) is 24.3 Å². The van der Waals surface area contributed by atoms with Gasteiger partial charge in [0.2, 0.25) is 15.9 Å². The number of hydrogen-bond donors (Lipinski definition) is 2. The van der Waals surface area contributed by atoms with Gasteiger partial charge >= 0.3 is 5.97 Å². The summed E-state index contributed by atoms with van der Waals surface area (Å²) in [5, 5.41) is 13.4. The standard InChI is InChI=1S/C10H16N2O6S/c11-19(16,17)7-5-8(13)12(6-7)10(9(14)15)1-3-18-4-2-10/h7H,1-6H2,(H,14,15)(H2,11,16,17). The molecule has 0 bridgehead atoms. The number of likely N-dealkylation sites (tertiary alicyclic amines) is 1. The lowest BCUT2D eigenvalue weighted by Crippen LogP contribution is -2.58. The number of primary sulfonamides is 1. The predicted octanol–water partition coefficient (Wildman–Crippen LogP) is -1.49. The van der Waals surface area contributed by atoms with E-state index >= 15 is 0 Å². The van der Waals surface area contributed by atoms with E-state index in [-0.39, 0.29) is 39.0 Å². The van der Waals surface area contributed by atoms with E-state index < -0.39 is 32.7 Å². The van der Waals surface area contributed by atoms with Crippen LogP contribution in [0.25, 0.3) is 0 Å². The molecule has 2 aliphatic heterocycles. The number of aliphatic carboxylic acids is 1. The Balaban J connectivity index is 2.29. The number of carbonyl (C=O) groups is 2. The topological polar surface area (TPSA) is 127 Å². The van der Waals surface area contributed by atoms with Crippen LogP contribution in [0.3, 0.4) is 0 Å². The number of nitrogens with two attached hydrogens (primary N) is 1. The molecule has 8 nitrogen and oxygen atoms in total. The van der Waals surface area contributed by atoms with E-state index in [2.05, 4.69) is 0 Å². The summed E-state index contributed by atoms with van der Waals surface area (Å²) in [7, 11) is -3.85. The minimum Gasteiger partial charge on any atom is -0.479 e. The molecule has 3 N–H and O–H groups in total. The molecule has 2 fully saturated rings. The maximum Gasteiger partial charge on any atom is 0.329 e. The average Bonchev–Trinajstić information content (AvgIpc) is 2.72. The average molecular weight is 292 g/mol. The first kappa shape index (κ1) is 14.2. The predicted molar refractivity (Wildman–Crippen MR) is 63.6 cm³/mol. The number of hydrogen-bond acceptors (Lipinski definition) is 5. The van der Waals surface area contributed by atoms with Gasteiger partial charge in [-0.3, -0.25) is 4.79 Å². The van der Waals surface area contributed by atoms with Crippen LogP contribution in [0.5, 0.6) is 0 Å². The first-order valence-corrected chi connectivity index (χ1v) is 7.51. The van der Waals surface area contributed by atoms with Crippen molar-refractivity contribution in [1.29, 1.82) is 0 Å². The first-order valence-electron chi connectivity index (χ1n) is 5.90. The molecule has 0 spiro atoms. The van der Waals surface area contributed by atoms with Crippen molar-refractivity contribution in [2.75, 3.05) is 19.8 Å². The molecule has 0 saturated carbocycles. The first-order chi connectivity index (χ1) is 8.77. The highest BCUT2D eigenvalue weighted by Gasteiger charge is 2.52. The molecule has 2 aliphatic rings. The minimum atomic E-state index is -3.85. The summed E-state index contributed by atoms with van der Waals surface area (Å²) in [6.45, 7) is 0.302. The van der Waals surface area contributed by atoms with Gasteiger partial charge < -0.3 is 14.7 Å². The maximum absolute atomic E-state index is 11.9. The van der Waals surface area contributed by atoms with Gasteiger partial charge in [-0.15, -0.1) is 0 Å². The molecular weight excluding hydrogens is 276 g/mol. The summed E-state index contributed by atoms with van der Waals surface area (Å²) < 4.78 is 27.7. The summed E-state index contributed by atoms with van der Waals surface area (Å²) in [4.78, 5) is 24.6. The van der Waals surface area contributed by atoms with Crippen LogP contribution in [0.15, 0.2) is 0 Å². The van der Waals surface area contributed by atoms with Gasteiger partial charge in [0.05, 0.1) is 0 Å². The second kappa shape index (κ2) is 4.73. The highest BCUT2D eigenvalue weighted by molar-refractivity contribution is 7.89. The van der Waals surface area contributed by atoms with E-state index in [1.165, 1.54) is 0 Å². The molecule has 0 radical (unpaired) electrons. The molecule has 0 aromatic rings. The van der Waals surface area contributed by atoms with E-state index in [0.29, 0.717) is 0 Å². The molecule has 2 heterocycles. The number of sulfonamides is 1. The Labute approximate surface area is 110 Å². The number of nitrogens with zero attached hydrogens (tertiary/aromatic N) is 1. The SMILES string of the molecule is NS(=O)(=O)C1CC(=O)N(C2(C(=O)O)CCOCC2)C1. The van der Waals surface area contributed by atoms with Crippen molar-refractivity contribution < 1.29 is 27.9 Å². The van der Waals surface area contributed by atoms with E-state index in [4.69, 9.17) is 9.88 Å². The zero-order chi connectivity index (χ0) is 14.3. The number of carboxylic acid groups (broad SMARTS) is 1. The Morgan fingerprint density at radius 1 is 1.42 bits per heavy atom. The Hall–Kier alpha value is -1.19. The van der Waals surface area contributed by atoms with Crippen molar-refractivity contribution in [2.45, 2.75) is 30.1 Å². The molecule has 19 heavy (non-hydrogen) atoms. The van der Waals surface area contributed by atoms with Crippen molar-refractivity contribution >= 4 is 21.9 Å². The molecule has 0 aliphatic carbocycles. The Morgan fingerprint density at radius 2 is 2.00 bits per heavy atom. The summed E-state index contributed by atoms with van der Waals surface area (Å²) in [6.07, 6.45) is 0.0611. The zero-order valence-electron chi connectivity index (χ0n) is 10.2. The highest BCUT2D eigenvalue weighted by atomic mass is 32.2. The van der Waals surface area contributed by atoms with E-state index in [1.807, 2.05) is 0 Å². The molecule has 0 aromatic carbocycles.